The van der Waals surface area contributed by atoms with Crippen LogP contribution in [-0.2, 0) is 0 Å². The van der Waals surface area contributed by atoms with Crippen LogP contribution in [0, 0.1) is 0 Å². The van der Waals surface area contributed by atoms with Crippen LogP contribution in [0.3, 0.4) is 0 Å². The summed E-state index contributed by atoms with van der Waals surface area (Å²) in [5, 5.41) is 0. The van der Waals surface area contributed by atoms with Gasteiger partial charge >= 0.3 is 0 Å². The molecule has 0 fully saturated rings. The average molecular weight is 134 g/mol. The standard InChI is InChI=1S/C8H10N2/c1-9-5-4-8-10-6-2-3-7-10/h2-8H,1H3/b8-4-,9-5?. The normalized spacial score (nSPS) is 11.7. The molecule has 1 aromatic heterocycles. The van der Waals surface area contributed by atoms with E-state index in [4.69, 9.17) is 0 Å². The number of rotatable bonds is 2. The molecule has 0 amide bonds. The van der Waals surface area contributed by atoms with Crippen molar-refractivity contribution in [2.45, 2.75) is 0 Å². The molecule has 10 heavy (non-hydrogen) atoms. The molecule has 0 aliphatic rings. The summed E-state index contributed by atoms with van der Waals surface area (Å²) in [6.45, 7) is 0. The first kappa shape index (κ1) is 6.81. The minimum absolute atomic E-state index is 1.75. The number of hydrogen-bond acceptors (Lipinski definition) is 1. The predicted molar refractivity (Wildman–Crippen MR) is 44.2 cm³/mol. The molecule has 0 radical (unpaired) electrons. The van der Waals surface area contributed by atoms with Crippen LogP contribution in [0.5, 0.6) is 0 Å². The third-order valence-corrected chi connectivity index (χ3v) is 1.12. The van der Waals surface area contributed by atoms with Gasteiger partial charge in [0.15, 0.2) is 0 Å². The van der Waals surface area contributed by atoms with E-state index in [0.29, 0.717) is 0 Å². The maximum absolute atomic E-state index is 3.81. The summed E-state index contributed by atoms with van der Waals surface area (Å²) in [7, 11) is 1.75. The van der Waals surface area contributed by atoms with Crippen molar-refractivity contribution in [1.29, 1.82) is 0 Å². The molecule has 1 rings (SSSR count). The molecule has 1 heterocycles. The number of hydrogen-bond donors (Lipinski definition) is 0. The van der Waals surface area contributed by atoms with Gasteiger partial charge in [-0.05, 0) is 18.2 Å². The van der Waals surface area contributed by atoms with Crippen molar-refractivity contribution in [1.82, 2.24) is 4.57 Å². The Labute approximate surface area is 60.5 Å². The molecule has 0 saturated heterocycles. The Morgan fingerprint density at radius 1 is 1.30 bits per heavy atom. The van der Waals surface area contributed by atoms with Gasteiger partial charge in [0, 0.05) is 31.9 Å². The quantitative estimate of drug-likeness (QED) is 0.547. The molecule has 1 aromatic rings. The molecule has 0 spiro atoms. The van der Waals surface area contributed by atoms with Crippen LogP contribution in [0.15, 0.2) is 35.6 Å². The second-order valence-electron chi connectivity index (χ2n) is 1.88. The topological polar surface area (TPSA) is 17.3 Å². The van der Waals surface area contributed by atoms with Crippen LogP contribution in [-0.4, -0.2) is 17.8 Å². The number of aromatic nitrogens is 1. The zero-order chi connectivity index (χ0) is 7.23. The molecule has 2 heteroatoms. The summed E-state index contributed by atoms with van der Waals surface area (Å²) in [5.74, 6) is 0. The first-order valence-corrected chi connectivity index (χ1v) is 3.15. The zero-order valence-electron chi connectivity index (χ0n) is 5.94. The Morgan fingerprint density at radius 3 is 2.60 bits per heavy atom. The van der Waals surface area contributed by atoms with Crippen molar-refractivity contribution in [2.24, 2.45) is 4.99 Å². The summed E-state index contributed by atoms with van der Waals surface area (Å²) in [6.07, 6.45) is 9.52. The maximum Gasteiger partial charge on any atom is 0.0277 e. The molecule has 0 atom stereocenters. The van der Waals surface area contributed by atoms with E-state index in [1.807, 2.05) is 41.4 Å². The lowest BCUT2D eigenvalue weighted by atomic mass is 10.6. The van der Waals surface area contributed by atoms with Gasteiger partial charge in [-0.3, -0.25) is 4.99 Å². The van der Waals surface area contributed by atoms with Crippen molar-refractivity contribution in [2.75, 3.05) is 7.05 Å². The van der Waals surface area contributed by atoms with Crippen molar-refractivity contribution >= 4 is 12.4 Å². The van der Waals surface area contributed by atoms with Crippen LogP contribution in [0.25, 0.3) is 6.20 Å². The van der Waals surface area contributed by atoms with E-state index in [-0.39, 0.29) is 0 Å². The van der Waals surface area contributed by atoms with E-state index >= 15 is 0 Å². The molecule has 0 unspecified atom stereocenters. The first-order valence-electron chi connectivity index (χ1n) is 3.15. The van der Waals surface area contributed by atoms with Gasteiger partial charge < -0.3 is 4.57 Å². The molecule has 0 aliphatic carbocycles. The largest absolute Gasteiger partial charge is 0.331 e. The molecule has 52 valence electrons. The third-order valence-electron chi connectivity index (χ3n) is 1.12. The highest BCUT2D eigenvalue weighted by Crippen LogP contribution is 1.88. The Kier molecular flexibility index (Phi) is 2.49. The van der Waals surface area contributed by atoms with Gasteiger partial charge in [0.2, 0.25) is 0 Å². The highest BCUT2D eigenvalue weighted by molar-refractivity contribution is 5.74. The lowest BCUT2D eigenvalue weighted by Crippen LogP contribution is -1.77. The van der Waals surface area contributed by atoms with Gasteiger partial charge in [-0.2, -0.15) is 0 Å². The van der Waals surface area contributed by atoms with Crippen molar-refractivity contribution in [3.05, 3.63) is 30.6 Å². The van der Waals surface area contributed by atoms with E-state index in [2.05, 4.69) is 4.99 Å². The van der Waals surface area contributed by atoms with E-state index in [0.717, 1.165) is 0 Å². The molecular weight excluding hydrogens is 124 g/mol. The van der Waals surface area contributed by atoms with Crippen LogP contribution in [0.1, 0.15) is 0 Å². The van der Waals surface area contributed by atoms with Crippen molar-refractivity contribution in [3.63, 3.8) is 0 Å². The highest BCUT2D eigenvalue weighted by atomic mass is 14.9. The minimum Gasteiger partial charge on any atom is -0.331 e. The van der Waals surface area contributed by atoms with Gasteiger partial charge in [-0.15, -0.1) is 0 Å². The molecule has 0 bridgehead atoms. The molecule has 0 aliphatic heterocycles. The summed E-state index contributed by atoms with van der Waals surface area (Å²) >= 11 is 0. The van der Waals surface area contributed by atoms with E-state index < -0.39 is 0 Å². The van der Waals surface area contributed by atoms with E-state index in [9.17, 15) is 0 Å². The van der Waals surface area contributed by atoms with Gasteiger partial charge in [0.25, 0.3) is 0 Å². The summed E-state index contributed by atoms with van der Waals surface area (Å²) in [6, 6.07) is 3.96. The summed E-state index contributed by atoms with van der Waals surface area (Å²) in [4.78, 5) is 3.81. The fraction of sp³-hybridized carbons (Fsp3) is 0.125. The monoisotopic (exact) mass is 134 g/mol. The molecule has 2 nitrogen and oxygen atoms in total. The number of nitrogens with zero attached hydrogens (tertiary/aromatic N) is 2. The lowest BCUT2D eigenvalue weighted by Gasteiger charge is -1.86. The molecular formula is C8H10N2. The highest BCUT2D eigenvalue weighted by Gasteiger charge is 1.75. The molecule has 0 saturated carbocycles. The summed E-state index contributed by atoms with van der Waals surface area (Å²) in [5.41, 5.74) is 0. The van der Waals surface area contributed by atoms with E-state index in [1.54, 1.807) is 13.3 Å². The second kappa shape index (κ2) is 3.67. The maximum atomic E-state index is 3.81. The van der Waals surface area contributed by atoms with Crippen LogP contribution >= 0.6 is 0 Å². The second-order valence-corrected chi connectivity index (χ2v) is 1.88. The predicted octanol–water partition coefficient (Wildman–Crippen LogP) is 1.66. The molecule has 0 N–H and O–H groups in total. The average Bonchev–Trinajstić information content (AvgIpc) is 2.41. The van der Waals surface area contributed by atoms with Gasteiger partial charge in [-0.1, -0.05) is 0 Å². The Hall–Kier alpha value is -1.31. The Morgan fingerprint density at radius 2 is 2.00 bits per heavy atom. The minimum atomic E-state index is 1.75. The lowest BCUT2D eigenvalue weighted by molar-refractivity contribution is 1.17. The third kappa shape index (κ3) is 1.90. The number of allylic oxidation sites excluding steroid dienone is 1. The van der Waals surface area contributed by atoms with Gasteiger partial charge in [0.1, 0.15) is 0 Å². The fourth-order valence-electron chi connectivity index (χ4n) is 0.671. The fourth-order valence-corrected chi connectivity index (χ4v) is 0.671. The van der Waals surface area contributed by atoms with Crippen LogP contribution in [0.2, 0.25) is 0 Å². The Balaban J connectivity index is 2.55. The summed E-state index contributed by atoms with van der Waals surface area (Å²) < 4.78 is 1.96. The van der Waals surface area contributed by atoms with Gasteiger partial charge in [-0.25, -0.2) is 0 Å². The Bertz CT molecular complexity index is 219. The molecule has 0 aromatic carbocycles. The SMILES string of the molecule is CN=C/C=C\n1cccc1. The van der Waals surface area contributed by atoms with Gasteiger partial charge in [0.05, 0.1) is 0 Å². The number of aliphatic imine (C=N–C) groups is 1. The van der Waals surface area contributed by atoms with Crippen molar-refractivity contribution in [3.8, 4) is 0 Å². The zero-order valence-corrected chi connectivity index (χ0v) is 5.94. The van der Waals surface area contributed by atoms with Crippen LogP contribution in [0.4, 0.5) is 0 Å². The van der Waals surface area contributed by atoms with Crippen LogP contribution < -0.4 is 0 Å². The van der Waals surface area contributed by atoms with Crippen molar-refractivity contribution < 1.29 is 0 Å². The first-order chi connectivity index (χ1) is 4.93. The smallest absolute Gasteiger partial charge is 0.0277 e. The van der Waals surface area contributed by atoms with E-state index in [1.165, 1.54) is 0 Å².